The van der Waals surface area contributed by atoms with Crippen LogP contribution >= 0.6 is 0 Å². The van der Waals surface area contributed by atoms with Crippen LogP contribution in [0.1, 0.15) is 51.4 Å². The largest absolute Gasteiger partial charge is 0.343 e. The third-order valence-electron chi connectivity index (χ3n) is 3.75. The number of hydrogen-bond donors (Lipinski definition) is 1. The first kappa shape index (κ1) is 15.2. The summed E-state index contributed by atoms with van der Waals surface area (Å²) in [5, 5.41) is 0. The number of amides is 1. The van der Waals surface area contributed by atoms with Gasteiger partial charge in [-0.25, -0.2) is 0 Å². The molecule has 104 valence electrons. The summed E-state index contributed by atoms with van der Waals surface area (Å²) in [7, 11) is 0. The molecular formula is C14H26N2O2. The monoisotopic (exact) mass is 254 g/mol. The van der Waals surface area contributed by atoms with Crippen LogP contribution in [-0.4, -0.2) is 36.7 Å². The van der Waals surface area contributed by atoms with Gasteiger partial charge in [-0.1, -0.05) is 6.42 Å². The standard InChI is InChI=1S/C14H26N2O2/c15-9-3-1-2-6-14(18)16-10-7-13(8-11-16)5-4-12-17/h12-13H,1-11,15H2. The number of carbonyl (C=O) groups excluding carboxylic acids is 2. The van der Waals surface area contributed by atoms with Crippen molar-refractivity contribution in [3.63, 3.8) is 0 Å². The Kier molecular flexibility index (Phi) is 7.65. The predicted octanol–water partition coefficient (Wildman–Crippen LogP) is 1.72. The number of carbonyl (C=O) groups is 2. The van der Waals surface area contributed by atoms with Gasteiger partial charge in [0.1, 0.15) is 6.29 Å². The van der Waals surface area contributed by atoms with Crippen molar-refractivity contribution in [3.8, 4) is 0 Å². The van der Waals surface area contributed by atoms with Crippen molar-refractivity contribution >= 4 is 12.2 Å². The maximum absolute atomic E-state index is 11.9. The summed E-state index contributed by atoms with van der Waals surface area (Å²) in [5.41, 5.74) is 5.42. The third-order valence-corrected chi connectivity index (χ3v) is 3.75. The Morgan fingerprint density at radius 1 is 1.22 bits per heavy atom. The molecule has 4 nitrogen and oxygen atoms in total. The molecule has 0 saturated carbocycles. The molecule has 2 N–H and O–H groups in total. The number of rotatable bonds is 8. The first-order valence-corrected chi connectivity index (χ1v) is 7.19. The highest BCUT2D eigenvalue weighted by atomic mass is 16.2. The van der Waals surface area contributed by atoms with Gasteiger partial charge in [-0.3, -0.25) is 4.79 Å². The molecule has 0 radical (unpaired) electrons. The van der Waals surface area contributed by atoms with Crippen LogP contribution < -0.4 is 5.73 Å². The Balaban J connectivity index is 2.13. The van der Waals surface area contributed by atoms with Gasteiger partial charge in [-0.05, 0) is 44.6 Å². The van der Waals surface area contributed by atoms with E-state index in [0.717, 1.165) is 64.4 Å². The summed E-state index contributed by atoms with van der Waals surface area (Å²) in [6.07, 6.45) is 8.46. The van der Waals surface area contributed by atoms with Crippen LogP contribution in [0.25, 0.3) is 0 Å². The van der Waals surface area contributed by atoms with Crippen LogP contribution in [0, 0.1) is 5.92 Å². The van der Waals surface area contributed by atoms with E-state index >= 15 is 0 Å². The van der Waals surface area contributed by atoms with E-state index < -0.39 is 0 Å². The van der Waals surface area contributed by atoms with Crippen molar-refractivity contribution in [2.45, 2.75) is 51.4 Å². The summed E-state index contributed by atoms with van der Waals surface area (Å²) in [6, 6.07) is 0. The minimum atomic E-state index is 0.292. The molecule has 0 aliphatic carbocycles. The first-order valence-electron chi connectivity index (χ1n) is 7.19. The summed E-state index contributed by atoms with van der Waals surface area (Å²) in [5.74, 6) is 0.928. The fraction of sp³-hybridized carbons (Fsp3) is 0.857. The number of aldehydes is 1. The lowest BCUT2D eigenvalue weighted by atomic mass is 9.92. The van der Waals surface area contributed by atoms with Crippen molar-refractivity contribution in [1.29, 1.82) is 0 Å². The molecule has 4 heteroatoms. The average Bonchev–Trinajstić information content (AvgIpc) is 2.41. The van der Waals surface area contributed by atoms with E-state index in [-0.39, 0.29) is 0 Å². The van der Waals surface area contributed by atoms with Crippen molar-refractivity contribution < 1.29 is 9.59 Å². The normalized spacial score (nSPS) is 16.8. The zero-order chi connectivity index (χ0) is 13.2. The molecule has 0 aromatic carbocycles. The van der Waals surface area contributed by atoms with E-state index in [1.807, 2.05) is 4.90 Å². The zero-order valence-electron chi connectivity index (χ0n) is 11.3. The molecule has 1 fully saturated rings. The van der Waals surface area contributed by atoms with Crippen LogP contribution in [0.3, 0.4) is 0 Å². The van der Waals surface area contributed by atoms with Crippen LogP contribution in [0.15, 0.2) is 0 Å². The van der Waals surface area contributed by atoms with Gasteiger partial charge in [0.25, 0.3) is 0 Å². The van der Waals surface area contributed by atoms with Gasteiger partial charge < -0.3 is 15.4 Å². The maximum atomic E-state index is 11.9. The molecule has 0 atom stereocenters. The summed E-state index contributed by atoms with van der Waals surface area (Å²) in [6.45, 7) is 2.47. The van der Waals surface area contributed by atoms with Crippen molar-refractivity contribution in [2.24, 2.45) is 11.7 Å². The third kappa shape index (κ3) is 5.63. The fourth-order valence-electron chi connectivity index (χ4n) is 2.53. The number of piperidine rings is 1. The number of hydrogen-bond acceptors (Lipinski definition) is 3. The smallest absolute Gasteiger partial charge is 0.222 e. The van der Waals surface area contributed by atoms with Crippen molar-refractivity contribution in [1.82, 2.24) is 4.90 Å². The van der Waals surface area contributed by atoms with Gasteiger partial charge in [0.15, 0.2) is 0 Å². The Labute approximate surface area is 110 Å². The second-order valence-electron chi connectivity index (χ2n) is 5.17. The van der Waals surface area contributed by atoms with Crippen LogP contribution in [0.4, 0.5) is 0 Å². The first-order chi connectivity index (χ1) is 8.77. The van der Waals surface area contributed by atoms with Crippen LogP contribution in [0.2, 0.25) is 0 Å². The molecule has 1 amide bonds. The molecular weight excluding hydrogens is 228 g/mol. The van der Waals surface area contributed by atoms with Gasteiger partial charge in [-0.15, -0.1) is 0 Å². The average molecular weight is 254 g/mol. The van der Waals surface area contributed by atoms with E-state index in [4.69, 9.17) is 5.73 Å². The SMILES string of the molecule is NCCCCCC(=O)N1CCC(CCC=O)CC1. The number of unbranched alkanes of at least 4 members (excludes halogenated alkanes) is 2. The number of nitrogens with two attached hydrogens (primary N) is 1. The molecule has 1 heterocycles. The number of likely N-dealkylation sites (tertiary alicyclic amines) is 1. The molecule has 0 spiro atoms. The lowest BCUT2D eigenvalue weighted by Crippen LogP contribution is -2.38. The quantitative estimate of drug-likeness (QED) is 0.530. The topological polar surface area (TPSA) is 63.4 Å². The van der Waals surface area contributed by atoms with E-state index in [1.165, 1.54) is 0 Å². The lowest BCUT2D eigenvalue weighted by molar-refractivity contribution is -0.132. The van der Waals surface area contributed by atoms with E-state index in [9.17, 15) is 9.59 Å². The highest BCUT2D eigenvalue weighted by molar-refractivity contribution is 5.76. The second-order valence-corrected chi connectivity index (χ2v) is 5.17. The molecule has 0 aromatic rings. The Hall–Kier alpha value is -0.900. The fourth-order valence-corrected chi connectivity index (χ4v) is 2.53. The van der Waals surface area contributed by atoms with E-state index in [2.05, 4.69) is 0 Å². The van der Waals surface area contributed by atoms with E-state index in [0.29, 0.717) is 24.7 Å². The Morgan fingerprint density at radius 2 is 1.94 bits per heavy atom. The van der Waals surface area contributed by atoms with Gasteiger partial charge in [0.2, 0.25) is 5.91 Å². The zero-order valence-corrected chi connectivity index (χ0v) is 11.3. The minimum absolute atomic E-state index is 0.292. The minimum Gasteiger partial charge on any atom is -0.343 e. The summed E-state index contributed by atoms with van der Waals surface area (Å²) < 4.78 is 0. The molecule has 1 aliphatic heterocycles. The van der Waals surface area contributed by atoms with Crippen LogP contribution in [0.5, 0.6) is 0 Å². The Bertz CT molecular complexity index is 248. The molecule has 0 unspecified atom stereocenters. The summed E-state index contributed by atoms with van der Waals surface area (Å²) in [4.78, 5) is 24.2. The molecule has 0 aromatic heterocycles. The maximum Gasteiger partial charge on any atom is 0.222 e. The van der Waals surface area contributed by atoms with Gasteiger partial charge >= 0.3 is 0 Å². The van der Waals surface area contributed by atoms with Crippen molar-refractivity contribution in [2.75, 3.05) is 19.6 Å². The highest BCUT2D eigenvalue weighted by Crippen LogP contribution is 2.22. The molecule has 1 aliphatic rings. The molecule has 1 saturated heterocycles. The molecule has 18 heavy (non-hydrogen) atoms. The molecule has 1 rings (SSSR count). The van der Waals surface area contributed by atoms with Gasteiger partial charge in [0.05, 0.1) is 0 Å². The van der Waals surface area contributed by atoms with Gasteiger partial charge in [0, 0.05) is 25.9 Å². The lowest BCUT2D eigenvalue weighted by Gasteiger charge is -2.32. The van der Waals surface area contributed by atoms with Crippen LogP contribution in [-0.2, 0) is 9.59 Å². The van der Waals surface area contributed by atoms with E-state index in [1.54, 1.807) is 0 Å². The second kappa shape index (κ2) is 9.09. The van der Waals surface area contributed by atoms with Gasteiger partial charge in [-0.2, -0.15) is 0 Å². The van der Waals surface area contributed by atoms with Crippen molar-refractivity contribution in [3.05, 3.63) is 0 Å². The Morgan fingerprint density at radius 3 is 2.56 bits per heavy atom. The molecule has 0 bridgehead atoms. The summed E-state index contributed by atoms with van der Waals surface area (Å²) >= 11 is 0. The highest BCUT2D eigenvalue weighted by Gasteiger charge is 2.21. The predicted molar refractivity (Wildman–Crippen MR) is 72.1 cm³/mol. The number of nitrogens with zero attached hydrogens (tertiary/aromatic N) is 1.